The Balaban J connectivity index is 3.02. The predicted octanol–water partition coefficient (Wildman–Crippen LogP) is 1.44. The maximum atomic E-state index is 11.4. The number of benzene rings is 1. The summed E-state index contributed by atoms with van der Waals surface area (Å²) >= 11 is 0. The zero-order valence-corrected chi connectivity index (χ0v) is 6.78. The highest BCUT2D eigenvalue weighted by molar-refractivity contribution is 5.89. The molecule has 0 atom stereocenters. The molecule has 1 N–H and O–H groups in total. The van der Waals surface area contributed by atoms with Crippen molar-refractivity contribution < 1.29 is 24.1 Å². The van der Waals surface area contributed by atoms with Crippen molar-refractivity contribution in [2.45, 2.75) is 0 Å². The van der Waals surface area contributed by atoms with E-state index in [1.165, 1.54) is 19.2 Å². The zero-order chi connectivity index (χ0) is 9.84. The average Bonchev–Trinajstić information content (AvgIpc) is 2.16. The van der Waals surface area contributed by atoms with Gasteiger partial charge >= 0.3 is 5.97 Å². The van der Waals surface area contributed by atoms with Crippen LogP contribution in [-0.4, -0.2) is 18.2 Å². The molecule has 1 aromatic carbocycles. The molecule has 0 saturated carbocycles. The Morgan fingerprint density at radius 3 is 2.69 bits per heavy atom. The van der Waals surface area contributed by atoms with Gasteiger partial charge in [-0.05, 0) is 18.2 Å². The third kappa shape index (κ3) is 1.87. The third-order valence-corrected chi connectivity index (χ3v) is 1.48. The van der Waals surface area contributed by atoms with Gasteiger partial charge < -0.3 is 9.84 Å². The van der Waals surface area contributed by atoms with Crippen molar-refractivity contribution in [2.24, 2.45) is 0 Å². The third-order valence-electron chi connectivity index (χ3n) is 1.48. The smallest absolute Gasteiger partial charge is 0.379 e. The van der Waals surface area contributed by atoms with Crippen molar-refractivity contribution >= 4 is 5.97 Å². The highest BCUT2D eigenvalue weighted by Gasteiger charge is 2.10. The van der Waals surface area contributed by atoms with Crippen molar-refractivity contribution in [1.82, 2.24) is 0 Å². The monoisotopic (exact) mass is 186 g/mol. The molecule has 1 rings (SSSR count). The van der Waals surface area contributed by atoms with E-state index < -0.39 is 5.97 Å². The van der Waals surface area contributed by atoms with E-state index in [2.05, 4.69) is 4.94 Å². The highest BCUT2D eigenvalue weighted by Crippen LogP contribution is 2.26. The van der Waals surface area contributed by atoms with Gasteiger partial charge in [0.1, 0.15) is 0 Å². The van der Waals surface area contributed by atoms with Gasteiger partial charge in [-0.25, -0.2) is 9.74 Å². The Bertz CT molecular complexity index is 324. The maximum absolute atomic E-state index is 11.4. The van der Waals surface area contributed by atoms with Crippen LogP contribution in [0.15, 0.2) is 18.2 Å². The van der Waals surface area contributed by atoms with Crippen molar-refractivity contribution in [1.29, 1.82) is 0 Å². The molecule has 13 heavy (non-hydrogen) atoms. The minimum atomic E-state index is -1.15. The van der Waals surface area contributed by atoms with Gasteiger partial charge in [-0.1, -0.05) is 0 Å². The summed E-state index contributed by atoms with van der Waals surface area (Å²) in [6.45, 7) is 0. The summed E-state index contributed by atoms with van der Waals surface area (Å²) in [5, 5.41) is 9.18. The molecule has 0 saturated heterocycles. The lowest BCUT2D eigenvalue weighted by Gasteiger charge is -2.02. The van der Waals surface area contributed by atoms with Gasteiger partial charge in [0.05, 0.1) is 12.7 Å². The first-order valence-corrected chi connectivity index (χ1v) is 3.39. The van der Waals surface area contributed by atoms with Gasteiger partial charge in [-0.15, -0.1) is 0 Å². The van der Waals surface area contributed by atoms with Gasteiger partial charge in [-0.3, -0.25) is 0 Å². The Kier molecular flexibility index (Phi) is 2.69. The summed E-state index contributed by atoms with van der Waals surface area (Å²) in [6.07, 6.45) is 0. The molecule has 0 aliphatic rings. The lowest BCUT2D eigenvalue weighted by atomic mass is 10.2. The SMILES string of the molecule is COc1ccc(C(=O)OF)cc1O. The van der Waals surface area contributed by atoms with Crippen LogP contribution in [-0.2, 0) is 4.94 Å². The summed E-state index contributed by atoms with van der Waals surface area (Å²) in [6, 6.07) is 3.67. The summed E-state index contributed by atoms with van der Waals surface area (Å²) in [5.74, 6) is -1.20. The van der Waals surface area contributed by atoms with Gasteiger partial charge in [0.15, 0.2) is 11.5 Å². The molecule has 0 radical (unpaired) electrons. The second-order valence-electron chi connectivity index (χ2n) is 2.25. The predicted molar refractivity (Wildman–Crippen MR) is 41.2 cm³/mol. The fourth-order valence-corrected chi connectivity index (χ4v) is 0.862. The molecule has 0 fully saturated rings. The molecule has 0 aliphatic heterocycles. The first-order valence-electron chi connectivity index (χ1n) is 3.39. The number of hydrogen-bond acceptors (Lipinski definition) is 4. The lowest BCUT2D eigenvalue weighted by Crippen LogP contribution is -1.98. The zero-order valence-electron chi connectivity index (χ0n) is 6.78. The van der Waals surface area contributed by atoms with E-state index in [0.717, 1.165) is 6.07 Å². The Labute approximate surface area is 73.4 Å². The molecule has 4 nitrogen and oxygen atoms in total. The van der Waals surface area contributed by atoms with E-state index in [1.807, 2.05) is 0 Å². The van der Waals surface area contributed by atoms with E-state index in [1.54, 1.807) is 0 Å². The fraction of sp³-hybridized carbons (Fsp3) is 0.125. The molecule has 0 spiro atoms. The van der Waals surface area contributed by atoms with Crippen molar-refractivity contribution in [3.05, 3.63) is 23.8 Å². The molecule has 5 heteroatoms. The van der Waals surface area contributed by atoms with Crippen molar-refractivity contribution in [3.63, 3.8) is 0 Å². The number of aromatic hydroxyl groups is 1. The molecular weight excluding hydrogens is 179 g/mol. The maximum Gasteiger partial charge on any atom is 0.379 e. The normalized spacial score (nSPS) is 9.38. The number of rotatable bonds is 2. The number of ether oxygens (including phenoxy) is 1. The van der Waals surface area contributed by atoms with E-state index in [4.69, 9.17) is 4.74 Å². The minimum Gasteiger partial charge on any atom is -0.504 e. The van der Waals surface area contributed by atoms with Crippen LogP contribution in [0.3, 0.4) is 0 Å². The number of halogens is 1. The van der Waals surface area contributed by atoms with Crippen LogP contribution in [0.5, 0.6) is 11.5 Å². The average molecular weight is 186 g/mol. The van der Waals surface area contributed by atoms with Gasteiger partial charge in [0.2, 0.25) is 0 Å². The van der Waals surface area contributed by atoms with E-state index >= 15 is 0 Å². The molecular formula is C8H7FO4. The molecule has 0 bridgehead atoms. The van der Waals surface area contributed by atoms with Gasteiger partial charge in [0.25, 0.3) is 0 Å². The van der Waals surface area contributed by atoms with Crippen molar-refractivity contribution in [3.8, 4) is 11.5 Å². The first kappa shape index (κ1) is 9.31. The van der Waals surface area contributed by atoms with Crippen molar-refractivity contribution in [2.75, 3.05) is 7.11 Å². The molecule has 0 aliphatic carbocycles. The van der Waals surface area contributed by atoms with Crippen LogP contribution in [0.1, 0.15) is 10.4 Å². The fourth-order valence-electron chi connectivity index (χ4n) is 0.862. The molecule has 0 aromatic heterocycles. The second kappa shape index (κ2) is 3.75. The van der Waals surface area contributed by atoms with E-state index in [0.29, 0.717) is 0 Å². The second-order valence-corrected chi connectivity index (χ2v) is 2.25. The van der Waals surface area contributed by atoms with Crippen LogP contribution in [0.4, 0.5) is 4.53 Å². The Morgan fingerprint density at radius 2 is 2.23 bits per heavy atom. The van der Waals surface area contributed by atoms with Gasteiger partial charge in [-0.2, -0.15) is 0 Å². The van der Waals surface area contributed by atoms with Crippen LogP contribution in [0.2, 0.25) is 0 Å². The molecule has 0 amide bonds. The van der Waals surface area contributed by atoms with Crippen LogP contribution in [0, 0.1) is 0 Å². The summed E-state index contributed by atoms with van der Waals surface area (Å²) in [7, 11) is 1.36. The standard InChI is InChI=1S/C8H7FO4/c1-12-7-3-2-5(4-6(7)10)8(11)13-9/h2-4,10H,1H3. The number of hydrogen-bond donors (Lipinski definition) is 1. The molecule has 0 unspecified atom stereocenters. The quantitative estimate of drug-likeness (QED) is 0.759. The van der Waals surface area contributed by atoms with E-state index in [-0.39, 0.29) is 17.1 Å². The molecule has 0 heterocycles. The van der Waals surface area contributed by atoms with E-state index in [9.17, 15) is 14.4 Å². The number of carbonyl (C=O) groups excluding carboxylic acids is 1. The highest BCUT2D eigenvalue weighted by atomic mass is 19.3. The van der Waals surface area contributed by atoms with Crippen LogP contribution < -0.4 is 4.74 Å². The molecule has 1 aromatic rings. The first-order chi connectivity index (χ1) is 6.19. The Hall–Kier alpha value is -1.78. The number of carbonyl (C=O) groups is 1. The summed E-state index contributed by atoms with van der Waals surface area (Å²) in [5.41, 5.74) is -0.0826. The lowest BCUT2D eigenvalue weighted by molar-refractivity contribution is -0.0788. The van der Waals surface area contributed by atoms with Crippen LogP contribution >= 0.6 is 0 Å². The minimum absolute atomic E-state index is 0.0826. The van der Waals surface area contributed by atoms with Crippen LogP contribution in [0.25, 0.3) is 0 Å². The topological polar surface area (TPSA) is 55.8 Å². The number of phenols is 1. The van der Waals surface area contributed by atoms with Gasteiger partial charge in [0, 0.05) is 4.53 Å². The summed E-state index contributed by atoms with van der Waals surface area (Å²) < 4.78 is 16.1. The summed E-state index contributed by atoms with van der Waals surface area (Å²) in [4.78, 5) is 13.6. The molecule has 70 valence electrons. The number of methoxy groups -OCH3 is 1. The number of phenolic OH excluding ortho intramolecular Hbond substituents is 1. The Morgan fingerprint density at radius 1 is 1.54 bits per heavy atom. The largest absolute Gasteiger partial charge is 0.504 e.